The Morgan fingerprint density at radius 2 is 2.15 bits per heavy atom. The summed E-state index contributed by atoms with van der Waals surface area (Å²) in [6, 6.07) is 9.69. The molecule has 27 heavy (non-hydrogen) atoms. The molecule has 5 rings (SSSR count). The molecule has 1 aliphatic heterocycles. The molecule has 1 saturated carbocycles. The van der Waals surface area contributed by atoms with E-state index < -0.39 is 0 Å². The molecule has 0 saturated heterocycles. The van der Waals surface area contributed by atoms with Crippen LogP contribution in [-0.2, 0) is 11.3 Å². The molecule has 138 valence electrons. The lowest BCUT2D eigenvalue weighted by molar-refractivity contribution is 0.0499. The maximum Gasteiger partial charge on any atom is 0.254 e. The number of hydrogen-bond acceptors (Lipinski definition) is 4. The van der Waals surface area contributed by atoms with E-state index in [0.717, 1.165) is 29.1 Å². The number of hydrogen-bond donors (Lipinski definition) is 0. The lowest BCUT2D eigenvalue weighted by atomic mass is 10.1. The largest absolute Gasteiger partial charge is 0.379 e. The van der Waals surface area contributed by atoms with Crippen molar-refractivity contribution < 1.29 is 9.53 Å². The average molecular weight is 362 g/mol. The minimum atomic E-state index is 0.0420. The predicted octanol–water partition coefficient (Wildman–Crippen LogP) is 3.06. The van der Waals surface area contributed by atoms with Crippen molar-refractivity contribution in [1.29, 1.82) is 0 Å². The number of carbonyl (C=O) groups is 1. The van der Waals surface area contributed by atoms with Gasteiger partial charge in [0.25, 0.3) is 5.91 Å². The first-order chi connectivity index (χ1) is 13.3. The van der Waals surface area contributed by atoms with E-state index in [1.165, 1.54) is 12.8 Å². The minimum Gasteiger partial charge on any atom is -0.379 e. The molecule has 0 unspecified atom stereocenters. The third-order valence-corrected chi connectivity index (χ3v) is 5.42. The van der Waals surface area contributed by atoms with Gasteiger partial charge in [-0.25, -0.2) is 4.98 Å². The fourth-order valence-corrected chi connectivity index (χ4v) is 3.72. The van der Waals surface area contributed by atoms with E-state index in [-0.39, 0.29) is 11.9 Å². The Labute approximate surface area is 157 Å². The van der Waals surface area contributed by atoms with Crippen LogP contribution in [0.5, 0.6) is 0 Å². The van der Waals surface area contributed by atoms with Crippen LogP contribution in [0.15, 0.2) is 49.1 Å². The van der Waals surface area contributed by atoms with Crippen LogP contribution in [0.3, 0.4) is 0 Å². The second-order valence-corrected chi connectivity index (χ2v) is 7.52. The van der Waals surface area contributed by atoms with Gasteiger partial charge in [0.05, 0.1) is 36.7 Å². The van der Waals surface area contributed by atoms with Gasteiger partial charge in [0, 0.05) is 36.5 Å². The highest BCUT2D eigenvalue weighted by molar-refractivity contribution is 5.98. The van der Waals surface area contributed by atoms with Crippen molar-refractivity contribution in [2.75, 3.05) is 19.8 Å². The Bertz CT molecular complexity index is 979. The maximum absolute atomic E-state index is 13.1. The molecule has 3 heterocycles. The van der Waals surface area contributed by atoms with Crippen molar-refractivity contribution >= 4 is 16.8 Å². The molecule has 1 aliphatic carbocycles. The van der Waals surface area contributed by atoms with Crippen molar-refractivity contribution in [3.05, 3.63) is 60.3 Å². The van der Waals surface area contributed by atoms with Gasteiger partial charge in [0.1, 0.15) is 0 Å². The van der Waals surface area contributed by atoms with Crippen LogP contribution in [0, 0.1) is 5.92 Å². The maximum atomic E-state index is 13.1. The summed E-state index contributed by atoms with van der Waals surface area (Å²) in [5.74, 6) is 0.778. The summed E-state index contributed by atoms with van der Waals surface area (Å²) in [7, 11) is 0. The molecule has 0 bridgehead atoms. The van der Waals surface area contributed by atoms with Crippen LogP contribution in [0.2, 0.25) is 0 Å². The first-order valence-corrected chi connectivity index (χ1v) is 9.50. The lowest BCUT2D eigenvalue weighted by Gasteiger charge is -2.34. The summed E-state index contributed by atoms with van der Waals surface area (Å²) in [5, 5.41) is 0.981. The van der Waals surface area contributed by atoms with E-state index in [1.807, 2.05) is 47.8 Å². The van der Waals surface area contributed by atoms with E-state index in [9.17, 15) is 4.79 Å². The van der Waals surface area contributed by atoms with Crippen LogP contribution in [0.4, 0.5) is 0 Å². The molecule has 6 nitrogen and oxygen atoms in total. The quantitative estimate of drug-likeness (QED) is 0.700. The summed E-state index contributed by atoms with van der Waals surface area (Å²) < 4.78 is 8.07. The molecule has 1 amide bonds. The average Bonchev–Trinajstić information content (AvgIpc) is 3.40. The molecule has 1 aromatic carbocycles. The Kier molecular flexibility index (Phi) is 4.13. The summed E-state index contributed by atoms with van der Waals surface area (Å²) in [6.07, 6.45) is 8.02. The normalized spacial score (nSPS) is 19.3. The number of amides is 1. The minimum absolute atomic E-state index is 0.0420. The molecular weight excluding hydrogens is 340 g/mol. The number of fused-ring (bicyclic) bond motifs is 2. The molecule has 3 aromatic rings. The Balaban J connectivity index is 1.36. The van der Waals surface area contributed by atoms with Crippen molar-refractivity contribution in [2.24, 2.45) is 5.92 Å². The monoisotopic (exact) mass is 362 g/mol. The zero-order valence-electron chi connectivity index (χ0n) is 15.1. The SMILES string of the molecule is O=C(c1ccc2ncccc2c1)N1Cc2cncn2[C@@H](COCC2CC2)C1. The molecule has 1 atom stereocenters. The second kappa shape index (κ2) is 6.78. The van der Waals surface area contributed by atoms with Gasteiger partial charge in [-0.1, -0.05) is 6.07 Å². The van der Waals surface area contributed by atoms with Gasteiger partial charge in [-0.15, -0.1) is 0 Å². The lowest BCUT2D eigenvalue weighted by Crippen LogP contribution is -2.42. The fourth-order valence-electron chi connectivity index (χ4n) is 3.72. The van der Waals surface area contributed by atoms with Gasteiger partial charge in [-0.3, -0.25) is 9.78 Å². The molecular formula is C21H22N4O2. The molecule has 2 aliphatic rings. The first kappa shape index (κ1) is 16.4. The Morgan fingerprint density at radius 1 is 1.22 bits per heavy atom. The molecule has 0 radical (unpaired) electrons. The molecule has 0 spiro atoms. The summed E-state index contributed by atoms with van der Waals surface area (Å²) in [5.41, 5.74) is 2.65. The Morgan fingerprint density at radius 3 is 3.04 bits per heavy atom. The number of benzene rings is 1. The summed E-state index contributed by atoms with van der Waals surface area (Å²) in [4.78, 5) is 23.7. The van der Waals surface area contributed by atoms with E-state index in [2.05, 4.69) is 14.5 Å². The standard InChI is InChI=1S/C21H22N4O2/c26-21(17-5-6-20-16(8-17)2-1-7-23-20)24-10-18-9-22-14-25(18)19(11-24)13-27-12-15-3-4-15/h1-2,5-9,14-15,19H,3-4,10-13H2/t19-/m1/s1. The third kappa shape index (κ3) is 3.32. The predicted molar refractivity (Wildman–Crippen MR) is 101 cm³/mol. The summed E-state index contributed by atoms with van der Waals surface area (Å²) >= 11 is 0. The number of nitrogens with zero attached hydrogens (tertiary/aromatic N) is 4. The van der Waals surface area contributed by atoms with E-state index >= 15 is 0 Å². The zero-order chi connectivity index (χ0) is 18.2. The number of carbonyl (C=O) groups excluding carboxylic acids is 1. The highest BCUT2D eigenvalue weighted by atomic mass is 16.5. The van der Waals surface area contributed by atoms with Crippen LogP contribution in [0.1, 0.15) is 34.9 Å². The first-order valence-electron chi connectivity index (χ1n) is 9.50. The number of imidazole rings is 1. The van der Waals surface area contributed by atoms with Crippen LogP contribution >= 0.6 is 0 Å². The van der Waals surface area contributed by atoms with Gasteiger partial charge in [0.2, 0.25) is 0 Å². The van der Waals surface area contributed by atoms with Gasteiger partial charge in [0.15, 0.2) is 0 Å². The third-order valence-electron chi connectivity index (χ3n) is 5.42. The number of rotatable bonds is 5. The van der Waals surface area contributed by atoms with Crippen molar-refractivity contribution in [3.8, 4) is 0 Å². The van der Waals surface area contributed by atoms with Crippen molar-refractivity contribution in [2.45, 2.75) is 25.4 Å². The molecule has 6 heteroatoms. The van der Waals surface area contributed by atoms with E-state index in [4.69, 9.17) is 4.74 Å². The van der Waals surface area contributed by atoms with Crippen LogP contribution in [-0.4, -0.2) is 45.1 Å². The van der Waals surface area contributed by atoms with E-state index in [0.29, 0.717) is 25.3 Å². The zero-order valence-corrected chi connectivity index (χ0v) is 15.1. The molecule has 1 fully saturated rings. The molecule has 2 aromatic heterocycles. The smallest absolute Gasteiger partial charge is 0.254 e. The van der Waals surface area contributed by atoms with Crippen molar-refractivity contribution in [3.63, 3.8) is 0 Å². The number of aromatic nitrogens is 3. The number of pyridine rings is 1. The Hall–Kier alpha value is -2.73. The second-order valence-electron chi connectivity index (χ2n) is 7.52. The molecule has 0 N–H and O–H groups in total. The van der Waals surface area contributed by atoms with Gasteiger partial charge in [-0.2, -0.15) is 0 Å². The van der Waals surface area contributed by atoms with Gasteiger partial charge < -0.3 is 14.2 Å². The van der Waals surface area contributed by atoms with Gasteiger partial charge >= 0.3 is 0 Å². The van der Waals surface area contributed by atoms with Crippen molar-refractivity contribution in [1.82, 2.24) is 19.4 Å². The highest BCUT2D eigenvalue weighted by Gasteiger charge is 2.29. The van der Waals surface area contributed by atoms with Crippen LogP contribution in [0.25, 0.3) is 10.9 Å². The number of ether oxygens (including phenoxy) is 1. The fraction of sp³-hybridized carbons (Fsp3) is 0.381. The topological polar surface area (TPSA) is 60.2 Å². The summed E-state index contributed by atoms with van der Waals surface area (Å²) in [6.45, 7) is 2.65. The van der Waals surface area contributed by atoms with E-state index in [1.54, 1.807) is 6.20 Å². The highest BCUT2D eigenvalue weighted by Crippen LogP contribution is 2.30. The van der Waals surface area contributed by atoms with Crippen LogP contribution < -0.4 is 0 Å². The van der Waals surface area contributed by atoms with Gasteiger partial charge in [-0.05, 0) is 43.0 Å².